The smallest absolute Gasteiger partial charge is 0.296 e. The van der Waals surface area contributed by atoms with Crippen LogP contribution in [0.3, 0.4) is 0 Å². The molecule has 0 radical (unpaired) electrons. The molecule has 1 N–H and O–H groups in total. The van der Waals surface area contributed by atoms with Crippen molar-refractivity contribution in [1.29, 1.82) is 0 Å². The number of carbonyl (C=O) groups is 2. The van der Waals surface area contributed by atoms with Crippen molar-refractivity contribution in [3.8, 4) is 5.75 Å². The summed E-state index contributed by atoms with van der Waals surface area (Å²) in [6.45, 7) is 4.09. The molecule has 0 bridgehead atoms. The number of aliphatic hydroxyl groups is 1. The zero-order valence-electron chi connectivity index (χ0n) is 16.4. The molecular formula is C22H19N3O5. The Morgan fingerprint density at radius 3 is 2.47 bits per heavy atom. The molecule has 3 aromatic rings. The maximum absolute atomic E-state index is 13.2. The quantitative estimate of drug-likeness (QED) is 0.625. The maximum atomic E-state index is 13.2. The molecule has 1 aliphatic heterocycles. The third-order valence-corrected chi connectivity index (χ3v) is 4.69. The van der Waals surface area contributed by atoms with Crippen molar-refractivity contribution in [2.75, 3.05) is 11.5 Å². The number of hydrogen-bond acceptors (Lipinski definition) is 7. The number of Topliss-reactive ketones (excluding diaryl/α,β-unsaturated/α-hetero) is 1. The zero-order chi connectivity index (χ0) is 21.3. The zero-order valence-corrected chi connectivity index (χ0v) is 16.4. The van der Waals surface area contributed by atoms with Gasteiger partial charge in [0.2, 0.25) is 11.7 Å². The van der Waals surface area contributed by atoms with Crippen LogP contribution in [0.4, 0.5) is 5.95 Å². The van der Waals surface area contributed by atoms with E-state index in [1.54, 1.807) is 43.3 Å². The Labute approximate surface area is 172 Å². The molecule has 1 unspecified atom stereocenters. The van der Waals surface area contributed by atoms with Crippen LogP contribution in [0.15, 0.2) is 70.6 Å². The molecule has 30 heavy (non-hydrogen) atoms. The molecule has 0 fully saturated rings. The lowest BCUT2D eigenvalue weighted by Gasteiger charge is -2.24. The van der Waals surface area contributed by atoms with E-state index in [2.05, 4.69) is 9.97 Å². The molecule has 8 heteroatoms. The summed E-state index contributed by atoms with van der Waals surface area (Å²) in [7, 11) is 0. The van der Waals surface area contributed by atoms with Gasteiger partial charge in [0.05, 0.1) is 18.2 Å². The number of furan rings is 1. The van der Waals surface area contributed by atoms with Gasteiger partial charge in [-0.05, 0) is 49.7 Å². The van der Waals surface area contributed by atoms with Crippen LogP contribution in [0.5, 0.6) is 5.75 Å². The summed E-state index contributed by atoms with van der Waals surface area (Å²) in [5.74, 6) is -0.683. The molecule has 0 saturated heterocycles. The molecular weight excluding hydrogens is 386 g/mol. The predicted molar refractivity (Wildman–Crippen MR) is 107 cm³/mol. The van der Waals surface area contributed by atoms with Gasteiger partial charge in [-0.15, -0.1) is 0 Å². The first-order valence-corrected chi connectivity index (χ1v) is 9.39. The van der Waals surface area contributed by atoms with Crippen molar-refractivity contribution in [3.63, 3.8) is 0 Å². The van der Waals surface area contributed by atoms with Crippen LogP contribution in [0.2, 0.25) is 0 Å². The number of anilines is 1. The minimum Gasteiger partial charge on any atom is -0.503 e. The highest BCUT2D eigenvalue weighted by Crippen LogP contribution is 2.41. The Hall–Kier alpha value is -3.94. The van der Waals surface area contributed by atoms with Crippen molar-refractivity contribution < 1.29 is 23.8 Å². The van der Waals surface area contributed by atoms with E-state index in [-0.39, 0.29) is 17.3 Å². The monoisotopic (exact) mass is 405 g/mol. The highest BCUT2D eigenvalue weighted by molar-refractivity contribution is 6.19. The Morgan fingerprint density at radius 2 is 1.87 bits per heavy atom. The van der Waals surface area contributed by atoms with Crippen molar-refractivity contribution in [3.05, 3.63) is 83.3 Å². The lowest BCUT2D eigenvalue weighted by molar-refractivity contribution is -0.117. The lowest BCUT2D eigenvalue weighted by Crippen LogP contribution is -2.32. The lowest BCUT2D eigenvalue weighted by atomic mass is 9.95. The van der Waals surface area contributed by atoms with Crippen molar-refractivity contribution in [2.45, 2.75) is 19.9 Å². The number of hydrogen-bond donors (Lipinski definition) is 1. The Balaban J connectivity index is 1.83. The molecule has 8 nitrogen and oxygen atoms in total. The highest BCUT2D eigenvalue weighted by atomic mass is 16.5. The van der Waals surface area contributed by atoms with Crippen molar-refractivity contribution >= 4 is 17.6 Å². The first-order chi connectivity index (χ1) is 14.5. The SMILES string of the molecule is CCOc1ccc(C2C(C(=O)c3ccc(C)o3)=C(O)C(=O)N2c2ncccn2)cc1. The molecule has 3 heterocycles. The van der Waals surface area contributed by atoms with Gasteiger partial charge in [-0.2, -0.15) is 0 Å². The Kier molecular flexibility index (Phi) is 5.05. The average Bonchev–Trinajstić information content (AvgIpc) is 3.31. The molecule has 4 rings (SSSR count). The normalized spacial score (nSPS) is 16.3. The molecule has 0 saturated carbocycles. The fraction of sp³-hybridized carbons (Fsp3) is 0.182. The fourth-order valence-electron chi connectivity index (χ4n) is 3.38. The number of aromatic nitrogens is 2. The van der Waals surface area contributed by atoms with Crippen LogP contribution in [0.1, 0.15) is 34.8 Å². The Bertz CT molecular complexity index is 1120. The van der Waals surface area contributed by atoms with Gasteiger partial charge in [0.1, 0.15) is 11.5 Å². The number of nitrogens with zero attached hydrogens (tertiary/aromatic N) is 3. The summed E-state index contributed by atoms with van der Waals surface area (Å²) in [4.78, 5) is 35.6. The summed E-state index contributed by atoms with van der Waals surface area (Å²) in [6, 6.07) is 10.8. The summed E-state index contributed by atoms with van der Waals surface area (Å²) in [6.07, 6.45) is 2.97. The molecule has 0 spiro atoms. The summed E-state index contributed by atoms with van der Waals surface area (Å²) >= 11 is 0. The molecule has 1 atom stereocenters. The third-order valence-electron chi connectivity index (χ3n) is 4.69. The topological polar surface area (TPSA) is 106 Å². The van der Waals surface area contributed by atoms with E-state index in [1.807, 2.05) is 6.92 Å². The second-order valence-electron chi connectivity index (χ2n) is 6.63. The van der Waals surface area contributed by atoms with Crippen LogP contribution >= 0.6 is 0 Å². The highest BCUT2D eigenvalue weighted by Gasteiger charge is 2.46. The van der Waals surface area contributed by atoms with Gasteiger partial charge in [0, 0.05) is 12.4 Å². The van der Waals surface area contributed by atoms with Gasteiger partial charge in [-0.1, -0.05) is 12.1 Å². The summed E-state index contributed by atoms with van der Waals surface area (Å²) in [5, 5.41) is 10.6. The van der Waals surface area contributed by atoms with E-state index >= 15 is 0 Å². The Morgan fingerprint density at radius 1 is 1.17 bits per heavy atom. The van der Waals surface area contributed by atoms with Crippen LogP contribution in [-0.2, 0) is 4.79 Å². The van der Waals surface area contributed by atoms with Gasteiger partial charge in [-0.3, -0.25) is 14.5 Å². The molecule has 1 amide bonds. The maximum Gasteiger partial charge on any atom is 0.296 e. The van der Waals surface area contributed by atoms with E-state index in [1.165, 1.54) is 23.4 Å². The van der Waals surface area contributed by atoms with Gasteiger partial charge < -0.3 is 14.3 Å². The van der Waals surface area contributed by atoms with Crippen LogP contribution in [0.25, 0.3) is 0 Å². The average molecular weight is 405 g/mol. The first kappa shape index (κ1) is 19.4. The standard InChI is InChI=1S/C22H19N3O5/c1-3-29-15-8-6-14(7-9-15)18-17(19(26)16-10-5-13(2)30-16)20(27)21(28)25(18)22-23-11-4-12-24-22/h4-12,18,27H,3H2,1-2H3. The third kappa shape index (κ3) is 3.32. The number of ether oxygens (including phenoxy) is 1. The molecule has 2 aromatic heterocycles. The number of aliphatic hydroxyl groups excluding tert-OH is 1. The van der Waals surface area contributed by atoms with Gasteiger partial charge >= 0.3 is 0 Å². The minimum atomic E-state index is -0.923. The van der Waals surface area contributed by atoms with Crippen molar-refractivity contribution in [1.82, 2.24) is 9.97 Å². The minimum absolute atomic E-state index is 0.0358. The largest absolute Gasteiger partial charge is 0.503 e. The van der Waals surface area contributed by atoms with E-state index in [4.69, 9.17) is 9.15 Å². The van der Waals surface area contributed by atoms with Gasteiger partial charge in [0.25, 0.3) is 5.91 Å². The number of carbonyl (C=O) groups excluding carboxylic acids is 2. The summed E-state index contributed by atoms with van der Waals surface area (Å²) in [5.41, 5.74) is 0.501. The molecule has 0 aliphatic carbocycles. The van der Waals surface area contributed by atoms with Gasteiger partial charge in [-0.25, -0.2) is 9.97 Å². The van der Waals surface area contributed by atoms with E-state index in [0.29, 0.717) is 23.7 Å². The van der Waals surface area contributed by atoms with Crippen LogP contribution in [-0.4, -0.2) is 33.4 Å². The van der Waals surface area contributed by atoms with Crippen LogP contribution in [0, 0.1) is 6.92 Å². The molecule has 1 aliphatic rings. The molecule has 152 valence electrons. The fourth-order valence-corrected chi connectivity index (χ4v) is 3.38. The number of rotatable bonds is 6. The second kappa shape index (κ2) is 7.82. The number of ketones is 1. The number of benzene rings is 1. The predicted octanol–water partition coefficient (Wildman–Crippen LogP) is 3.56. The second-order valence-corrected chi connectivity index (χ2v) is 6.63. The van der Waals surface area contributed by atoms with Gasteiger partial charge in [0.15, 0.2) is 11.5 Å². The summed E-state index contributed by atoms with van der Waals surface area (Å²) < 4.78 is 10.9. The van der Waals surface area contributed by atoms with Crippen LogP contribution < -0.4 is 9.64 Å². The number of amides is 1. The number of aryl methyl sites for hydroxylation is 1. The first-order valence-electron chi connectivity index (χ1n) is 9.39. The van der Waals surface area contributed by atoms with Crippen molar-refractivity contribution in [2.24, 2.45) is 0 Å². The van der Waals surface area contributed by atoms with E-state index in [0.717, 1.165) is 0 Å². The molecule has 1 aromatic carbocycles. The van der Waals surface area contributed by atoms with E-state index < -0.39 is 23.5 Å². The van der Waals surface area contributed by atoms with E-state index in [9.17, 15) is 14.7 Å².